The lowest BCUT2D eigenvalue weighted by Gasteiger charge is -2.39. The molecule has 2 aliphatic heterocycles. The average molecular weight is 530 g/mol. The second-order valence-electron chi connectivity index (χ2n) is 10.3. The molecule has 0 aromatic heterocycles. The number of hydrogen-bond acceptors (Lipinski definition) is 5. The highest BCUT2D eigenvalue weighted by Gasteiger charge is 2.44. The van der Waals surface area contributed by atoms with E-state index in [-0.39, 0.29) is 30.1 Å². The summed E-state index contributed by atoms with van der Waals surface area (Å²) in [4.78, 5) is 28.7. The number of esters is 1. The Bertz CT molecular complexity index is 1270. The number of rotatable bonds is 8. The third-order valence-electron chi connectivity index (χ3n) is 7.68. The zero-order chi connectivity index (χ0) is 26.6. The van der Waals surface area contributed by atoms with E-state index in [1.807, 2.05) is 36.0 Å². The van der Waals surface area contributed by atoms with Gasteiger partial charge in [0, 0.05) is 41.1 Å². The fourth-order valence-electron chi connectivity index (χ4n) is 5.49. The third kappa shape index (κ3) is 5.91. The van der Waals surface area contributed by atoms with Crippen LogP contribution in [0.15, 0.2) is 71.6 Å². The van der Waals surface area contributed by atoms with Crippen molar-refractivity contribution in [2.24, 2.45) is 0 Å². The van der Waals surface area contributed by atoms with Crippen molar-refractivity contribution in [1.82, 2.24) is 4.90 Å². The Kier molecular flexibility index (Phi) is 8.08. The highest BCUT2D eigenvalue weighted by Crippen LogP contribution is 2.38. The Hall–Kier alpha value is -3.25. The fourth-order valence-corrected chi connectivity index (χ4v) is 6.44. The molecule has 3 aromatic rings. The normalized spacial score (nSPS) is 20.3. The van der Waals surface area contributed by atoms with Crippen molar-refractivity contribution in [3.05, 3.63) is 94.5 Å². The predicted octanol–water partition coefficient (Wildman–Crippen LogP) is 6.99. The zero-order valence-corrected chi connectivity index (χ0v) is 23.1. The molecule has 5 rings (SSSR count). The molecule has 3 atom stereocenters. The molecule has 2 bridgehead atoms. The lowest BCUT2D eigenvalue weighted by atomic mass is 9.98. The van der Waals surface area contributed by atoms with Crippen LogP contribution < -0.4 is 4.74 Å². The molecule has 2 saturated heterocycles. The maximum Gasteiger partial charge on any atom is 0.338 e. The van der Waals surface area contributed by atoms with Crippen LogP contribution in [0, 0.1) is 13.8 Å². The number of nitrogens with zero attached hydrogens (tertiary/aromatic N) is 1. The lowest BCUT2D eigenvalue weighted by Crippen LogP contribution is -2.49. The van der Waals surface area contributed by atoms with E-state index < -0.39 is 0 Å². The SMILES string of the molecule is CCOC(=O)c1ccc(OC2C[C@H]3CC[C@@H](C2)N3C(=O)c2ccc(CSc3ccc(C)c(C)c3)cc2)cc1. The van der Waals surface area contributed by atoms with E-state index in [0.717, 1.165) is 42.7 Å². The molecule has 5 nitrogen and oxygen atoms in total. The molecule has 1 unspecified atom stereocenters. The van der Waals surface area contributed by atoms with Crippen LogP contribution in [0.25, 0.3) is 0 Å². The van der Waals surface area contributed by atoms with E-state index in [1.165, 1.54) is 21.6 Å². The molecule has 2 aliphatic rings. The number of aryl methyl sites for hydroxylation is 2. The largest absolute Gasteiger partial charge is 0.490 e. The van der Waals surface area contributed by atoms with Crippen molar-refractivity contribution in [3.63, 3.8) is 0 Å². The number of hydrogen-bond donors (Lipinski definition) is 0. The van der Waals surface area contributed by atoms with Crippen LogP contribution in [0.4, 0.5) is 0 Å². The summed E-state index contributed by atoms with van der Waals surface area (Å²) in [5.74, 6) is 1.43. The summed E-state index contributed by atoms with van der Waals surface area (Å²) in [7, 11) is 0. The highest BCUT2D eigenvalue weighted by atomic mass is 32.2. The number of amides is 1. The van der Waals surface area contributed by atoms with Crippen molar-refractivity contribution < 1.29 is 19.1 Å². The van der Waals surface area contributed by atoms with E-state index in [0.29, 0.717) is 12.2 Å². The van der Waals surface area contributed by atoms with Gasteiger partial charge in [0.2, 0.25) is 0 Å². The first-order valence-electron chi connectivity index (χ1n) is 13.5. The molecule has 1 amide bonds. The van der Waals surface area contributed by atoms with Crippen molar-refractivity contribution in [2.45, 2.75) is 75.3 Å². The Morgan fingerprint density at radius 3 is 2.16 bits per heavy atom. The summed E-state index contributed by atoms with van der Waals surface area (Å²) in [5.41, 5.74) is 5.12. The number of thioether (sulfide) groups is 1. The summed E-state index contributed by atoms with van der Waals surface area (Å²) < 4.78 is 11.3. The quantitative estimate of drug-likeness (QED) is 0.233. The Balaban J connectivity index is 1.16. The van der Waals surface area contributed by atoms with Gasteiger partial charge in [-0.2, -0.15) is 0 Å². The molecule has 0 spiro atoms. The van der Waals surface area contributed by atoms with Gasteiger partial charge in [0.1, 0.15) is 11.9 Å². The minimum absolute atomic E-state index is 0.0646. The van der Waals surface area contributed by atoms with Gasteiger partial charge in [-0.1, -0.05) is 18.2 Å². The summed E-state index contributed by atoms with van der Waals surface area (Å²) in [5, 5.41) is 0. The van der Waals surface area contributed by atoms with Crippen LogP contribution in [0.5, 0.6) is 5.75 Å². The molecule has 198 valence electrons. The molecule has 0 N–H and O–H groups in total. The van der Waals surface area contributed by atoms with E-state index in [9.17, 15) is 9.59 Å². The summed E-state index contributed by atoms with van der Waals surface area (Å²) in [6.45, 7) is 6.43. The maximum absolute atomic E-state index is 13.5. The van der Waals surface area contributed by atoms with Gasteiger partial charge in [-0.05, 0) is 98.8 Å². The maximum atomic E-state index is 13.5. The lowest BCUT2D eigenvalue weighted by molar-refractivity contribution is 0.0359. The Labute approximate surface area is 229 Å². The van der Waals surface area contributed by atoms with Crippen molar-refractivity contribution in [3.8, 4) is 5.75 Å². The molecule has 0 aliphatic carbocycles. The second-order valence-corrected chi connectivity index (χ2v) is 11.3. The van der Waals surface area contributed by atoms with Gasteiger partial charge < -0.3 is 14.4 Å². The third-order valence-corrected chi connectivity index (χ3v) is 8.74. The number of carbonyl (C=O) groups is 2. The van der Waals surface area contributed by atoms with Gasteiger partial charge >= 0.3 is 5.97 Å². The topological polar surface area (TPSA) is 55.8 Å². The molecule has 2 fully saturated rings. The molecular formula is C32H35NO4S. The van der Waals surface area contributed by atoms with Crippen LogP contribution in [0.1, 0.15) is 70.0 Å². The molecule has 0 radical (unpaired) electrons. The summed E-state index contributed by atoms with van der Waals surface area (Å²) in [6.07, 6.45) is 3.75. The number of ether oxygens (including phenoxy) is 2. The van der Waals surface area contributed by atoms with Gasteiger partial charge in [-0.15, -0.1) is 11.8 Å². The van der Waals surface area contributed by atoms with E-state index in [1.54, 1.807) is 19.1 Å². The van der Waals surface area contributed by atoms with Crippen molar-refractivity contribution in [1.29, 1.82) is 0 Å². The van der Waals surface area contributed by atoms with Gasteiger partial charge in [-0.25, -0.2) is 4.79 Å². The first-order valence-corrected chi connectivity index (χ1v) is 14.5. The first kappa shape index (κ1) is 26.4. The van der Waals surface area contributed by atoms with Gasteiger partial charge in [-0.3, -0.25) is 4.79 Å². The predicted molar refractivity (Wildman–Crippen MR) is 151 cm³/mol. The molecule has 0 saturated carbocycles. The molecule has 2 heterocycles. The Morgan fingerprint density at radius 1 is 0.868 bits per heavy atom. The number of carbonyl (C=O) groups excluding carboxylic acids is 2. The monoisotopic (exact) mass is 529 g/mol. The van der Waals surface area contributed by atoms with Crippen LogP contribution >= 0.6 is 11.8 Å². The minimum atomic E-state index is -0.322. The molecule has 3 aromatic carbocycles. The second kappa shape index (κ2) is 11.6. The highest BCUT2D eigenvalue weighted by molar-refractivity contribution is 7.98. The standard InChI is InChI=1S/C32H35NO4S/c1-4-36-32(35)25-10-14-28(15-11-25)37-29-18-26-12-13-27(19-29)33(26)31(34)24-8-6-23(7-9-24)20-38-30-16-5-21(2)22(3)17-30/h5-11,14-17,26-27,29H,4,12-13,18-20H2,1-3H3/t26-,27+,29?. The number of piperidine rings is 1. The summed E-state index contributed by atoms with van der Waals surface area (Å²) in [6, 6.07) is 22.2. The van der Waals surface area contributed by atoms with E-state index in [4.69, 9.17) is 9.47 Å². The van der Waals surface area contributed by atoms with Crippen molar-refractivity contribution >= 4 is 23.6 Å². The minimum Gasteiger partial charge on any atom is -0.490 e. The van der Waals surface area contributed by atoms with Crippen LogP contribution in [-0.2, 0) is 10.5 Å². The summed E-state index contributed by atoms with van der Waals surface area (Å²) >= 11 is 1.82. The molecule has 38 heavy (non-hydrogen) atoms. The van der Waals surface area contributed by atoms with E-state index >= 15 is 0 Å². The van der Waals surface area contributed by atoms with Gasteiger partial charge in [0.15, 0.2) is 0 Å². The zero-order valence-electron chi connectivity index (χ0n) is 22.3. The van der Waals surface area contributed by atoms with Crippen LogP contribution in [-0.4, -0.2) is 41.6 Å². The van der Waals surface area contributed by atoms with Gasteiger partial charge in [0.25, 0.3) is 5.91 Å². The Morgan fingerprint density at radius 2 is 1.53 bits per heavy atom. The number of benzene rings is 3. The van der Waals surface area contributed by atoms with Crippen LogP contribution in [0.3, 0.4) is 0 Å². The molecular weight excluding hydrogens is 494 g/mol. The van der Waals surface area contributed by atoms with Gasteiger partial charge in [0.05, 0.1) is 12.2 Å². The first-order chi connectivity index (χ1) is 18.4. The fraction of sp³-hybridized carbons (Fsp3) is 0.375. The van der Waals surface area contributed by atoms with Crippen molar-refractivity contribution in [2.75, 3.05) is 6.61 Å². The molecule has 6 heteroatoms. The smallest absolute Gasteiger partial charge is 0.338 e. The number of fused-ring (bicyclic) bond motifs is 2. The average Bonchev–Trinajstić information content (AvgIpc) is 3.19. The van der Waals surface area contributed by atoms with E-state index in [2.05, 4.69) is 49.1 Å². The van der Waals surface area contributed by atoms with Crippen LogP contribution in [0.2, 0.25) is 0 Å².